The number of hydrogen-bond donors (Lipinski definition) is 2. The monoisotopic (exact) mass is 246 g/mol. The van der Waals surface area contributed by atoms with E-state index in [0.717, 1.165) is 5.69 Å². The highest BCUT2D eigenvalue weighted by Crippen LogP contribution is 2.38. The van der Waals surface area contributed by atoms with Gasteiger partial charge in [0, 0.05) is 12.1 Å². The van der Waals surface area contributed by atoms with Crippen LogP contribution >= 0.6 is 0 Å². The molecule has 94 valence electrons. The fourth-order valence-corrected chi connectivity index (χ4v) is 1.89. The van der Waals surface area contributed by atoms with Gasteiger partial charge in [-0.15, -0.1) is 0 Å². The molecule has 0 atom stereocenters. The zero-order valence-electron chi connectivity index (χ0n) is 9.80. The zero-order chi connectivity index (χ0) is 12.5. The molecule has 0 aromatic carbocycles. The number of nitrogens with zero attached hydrogens (tertiary/aromatic N) is 2. The van der Waals surface area contributed by atoms with Crippen LogP contribution in [-0.4, -0.2) is 15.7 Å². The molecule has 0 aliphatic heterocycles. The first kappa shape index (κ1) is 11.0. The molecule has 18 heavy (non-hydrogen) atoms. The molecule has 0 saturated heterocycles. The second-order valence-corrected chi connectivity index (χ2v) is 4.49. The highest BCUT2D eigenvalue weighted by atomic mass is 16.3. The van der Waals surface area contributed by atoms with Gasteiger partial charge in [-0.3, -0.25) is 14.9 Å². The molecule has 0 bridgehead atoms. The minimum absolute atomic E-state index is 0.357. The first-order chi connectivity index (χ1) is 8.76. The van der Waals surface area contributed by atoms with Gasteiger partial charge in [-0.25, -0.2) is 5.84 Å². The van der Waals surface area contributed by atoms with E-state index in [0.29, 0.717) is 23.8 Å². The summed E-state index contributed by atoms with van der Waals surface area (Å²) in [5.74, 6) is 6.01. The second-order valence-electron chi connectivity index (χ2n) is 4.49. The number of rotatable bonds is 4. The molecule has 6 nitrogen and oxygen atoms in total. The van der Waals surface area contributed by atoms with Crippen molar-refractivity contribution in [3.05, 3.63) is 41.6 Å². The Bertz CT molecular complexity index is 568. The Labute approximate surface area is 104 Å². The SMILES string of the molecule is NNC(=O)c1coc(Cn2ccc(C3CC3)n2)c1. The van der Waals surface area contributed by atoms with Crippen molar-refractivity contribution in [3.63, 3.8) is 0 Å². The van der Waals surface area contributed by atoms with Gasteiger partial charge in [0.1, 0.15) is 12.0 Å². The quantitative estimate of drug-likeness (QED) is 0.479. The van der Waals surface area contributed by atoms with Crippen LogP contribution in [0.2, 0.25) is 0 Å². The van der Waals surface area contributed by atoms with E-state index in [9.17, 15) is 4.79 Å². The molecule has 3 N–H and O–H groups in total. The second kappa shape index (κ2) is 4.30. The first-order valence-corrected chi connectivity index (χ1v) is 5.88. The Morgan fingerprint density at radius 2 is 2.44 bits per heavy atom. The average molecular weight is 246 g/mol. The van der Waals surface area contributed by atoms with E-state index in [2.05, 4.69) is 10.5 Å². The molecule has 1 saturated carbocycles. The van der Waals surface area contributed by atoms with Gasteiger partial charge in [-0.2, -0.15) is 5.10 Å². The molecule has 1 aliphatic carbocycles. The summed E-state index contributed by atoms with van der Waals surface area (Å²) in [5.41, 5.74) is 3.62. The van der Waals surface area contributed by atoms with E-state index < -0.39 is 0 Å². The Hall–Kier alpha value is -2.08. The van der Waals surface area contributed by atoms with Crippen LogP contribution in [0.1, 0.15) is 40.6 Å². The number of aromatic nitrogens is 2. The van der Waals surface area contributed by atoms with E-state index >= 15 is 0 Å². The van der Waals surface area contributed by atoms with Gasteiger partial charge in [0.25, 0.3) is 5.91 Å². The van der Waals surface area contributed by atoms with Crippen molar-refractivity contribution in [1.82, 2.24) is 15.2 Å². The summed E-state index contributed by atoms with van der Waals surface area (Å²) in [6, 6.07) is 3.70. The summed E-state index contributed by atoms with van der Waals surface area (Å²) in [7, 11) is 0. The topological polar surface area (TPSA) is 86.1 Å². The van der Waals surface area contributed by atoms with Crippen molar-refractivity contribution in [2.75, 3.05) is 0 Å². The Kier molecular flexibility index (Phi) is 2.64. The van der Waals surface area contributed by atoms with Crippen LogP contribution in [-0.2, 0) is 6.54 Å². The van der Waals surface area contributed by atoms with Gasteiger partial charge >= 0.3 is 0 Å². The number of hydrazine groups is 1. The lowest BCUT2D eigenvalue weighted by molar-refractivity contribution is 0.0953. The summed E-state index contributed by atoms with van der Waals surface area (Å²) in [6.45, 7) is 0.518. The lowest BCUT2D eigenvalue weighted by Crippen LogP contribution is -2.29. The van der Waals surface area contributed by atoms with Gasteiger partial charge in [0.2, 0.25) is 0 Å². The molecule has 6 heteroatoms. The van der Waals surface area contributed by atoms with E-state index in [-0.39, 0.29) is 5.91 Å². The number of nitrogen functional groups attached to an aromatic ring is 1. The maximum Gasteiger partial charge on any atom is 0.268 e. The minimum Gasteiger partial charge on any atom is -0.467 e. The Morgan fingerprint density at radius 1 is 1.61 bits per heavy atom. The molecular formula is C12H14N4O2. The van der Waals surface area contributed by atoms with Crippen LogP contribution < -0.4 is 11.3 Å². The number of nitrogens with one attached hydrogen (secondary N) is 1. The maximum atomic E-state index is 11.3. The standard InChI is InChI=1S/C12H14N4O2/c13-14-12(17)9-5-10(18-7-9)6-16-4-3-11(15-16)8-1-2-8/h3-5,7-8H,1-2,6,13H2,(H,14,17). The summed E-state index contributed by atoms with van der Waals surface area (Å²) in [5, 5.41) is 4.47. The molecule has 0 unspecified atom stereocenters. The fourth-order valence-electron chi connectivity index (χ4n) is 1.89. The summed E-state index contributed by atoms with van der Waals surface area (Å²) >= 11 is 0. The molecule has 1 amide bonds. The predicted octanol–water partition coefficient (Wildman–Crippen LogP) is 1.01. The highest BCUT2D eigenvalue weighted by molar-refractivity contribution is 5.93. The van der Waals surface area contributed by atoms with Gasteiger partial charge in [-0.05, 0) is 25.0 Å². The molecule has 2 aromatic rings. The summed E-state index contributed by atoms with van der Waals surface area (Å²) in [4.78, 5) is 11.3. The van der Waals surface area contributed by atoms with Crippen LogP contribution in [0.3, 0.4) is 0 Å². The Morgan fingerprint density at radius 3 is 3.17 bits per heavy atom. The molecule has 2 heterocycles. The van der Waals surface area contributed by atoms with Gasteiger partial charge in [0.15, 0.2) is 0 Å². The van der Waals surface area contributed by atoms with E-state index in [1.807, 2.05) is 16.9 Å². The zero-order valence-corrected chi connectivity index (χ0v) is 9.80. The number of hydrogen-bond acceptors (Lipinski definition) is 4. The van der Waals surface area contributed by atoms with Crippen LogP contribution in [0.5, 0.6) is 0 Å². The average Bonchev–Trinajstić information content (AvgIpc) is 2.96. The molecule has 3 rings (SSSR count). The van der Waals surface area contributed by atoms with Crippen LogP contribution in [0, 0.1) is 0 Å². The predicted molar refractivity (Wildman–Crippen MR) is 63.7 cm³/mol. The third-order valence-electron chi connectivity index (χ3n) is 3.02. The van der Waals surface area contributed by atoms with Crippen molar-refractivity contribution in [2.45, 2.75) is 25.3 Å². The van der Waals surface area contributed by atoms with Crippen molar-refractivity contribution in [1.29, 1.82) is 0 Å². The third-order valence-corrected chi connectivity index (χ3v) is 3.02. The lowest BCUT2D eigenvalue weighted by Gasteiger charge is -1.97. The van der Waals surface area contributed by atoms with Crippen LogP contribution in [0.4, 0.5) is 0 Å². The Balaban J connectivity index is 1.71. The third kappa shape index (κ3) is 2.14. The first-order valence-electron chi connectivity index (χ1n) is 5.88. The normalized spacial score (nSPS) is 14.7. The van der Waals surface area contributed by atoms with Crippen molar-refractivity contribution < 1.29 is 9.21 Å². The molecule has 0 radical (unpaired) electrons. The summed E-state index contributed by atoms with van der Waals surface area (Å²) in [6.07, 6.45) is 5.79. The fraction of sp³-hybridized carbons (Fsp3) is 0.333. The van der Waals surface area contributed by atoms with Crippen molar-refractivity contribution in [3.8, 4) is 0 Å². The molecular weight excluding hydrogens is 232 g/mol. The largest absolute Gasteiger partial charge is 0.467 e. The van der Waals surface area contributed by atoms with Crippen molar-refractivity contribution in [2.24, 2.45) is 5.84 Å². The van der Waals surface area contributed by atoms with Crippen LogP contribution in [0.15, 0.2) is 29.0 Å². The van der Waals surface area contributed by atoms with E-state index in [4.69, 9.17) is 10.3 Å². The van der Waals surface area contributed by atoms with Crippen molar-refractivity contribution >= 4 is 5.91 Å². The number of carbonyl (C=O) groups excluding carboxylic acids is 1. The van der Waals surface area contributed by atoms with Gasteiger partial charge in [0.05, 0.1) is 17.8 Å². The van der Waals surface area contributed by atoms with Crippen LogP contribution in [0.25, 0.3) is 0 Å². The summed E-state index contributed by atoms with van der Waals surface area (Å²) < 4.78 is 7.12. The highest BCUT2D eigenvalue weighted by Gasteiger charge is 2.25. The molecule has 2 aromatic heterocycles. The van der Waals surface area contributed by atoms with Gasteiger partial charge in [-0.1, -0.05) is 0 Å². The number of amides is 1. The number of furan rings is 1. The van der Waals surface area contributed by atoms with E-state index in [1.54, 1.807) is 6.07 Å². The smallest absolute Gasteiger partial charge is 0.268 e. The maximum absolute atomic E-state index is 11.3. The van der Waals surface area contributed by atoms with Gasteiger partial charge < -0.3 is 4.42 Å². The lowest BCUT2D eigenvalue weighted by atomic mass is 10.3. The number of nitrogens with two attached hydrogens (primary N) is 1. The minimum atomic E-state index is -0.357. The number of carbonyl (C=O) groups is 1. The molecule has 1 aliphatic rings. The van der Waals surface area contributed by atoms with E-state index in [1.165, 1.54) is 19.1 Å². The molecule has 1 fully saturated rings. The molecule has 0 spiro atoms.